The van der Waals surface area contributed by atoms with Gasteiger partial charge >= 0.3 is 6.09 Å². The monoisotopic (exact) mass is 610 g/mol. The predicted molar refractivity (Wildman–Crippen MR) is 158 cm³/mol. The molecule has 2 bridgehead atoms. The number of nitrogens with zero attached hydrogens (tertiary/aromatic N) is 3. The lowest BCUT2D eigenvalue weighted by atomic mass is 9.85. The number of ketones is 1. The second-order valence-corrected chi connectivity index (χ2v) is 13.9. The van der Waals surface area contributed by atoms with Crippen LogP contribution in [0.15, 0.2) is 24.3 Å². The van der Waals surface area contributed by atoms with Gasteiger partial charge in [0.2, 0.25) is 11.8 Å². The molecule has 0 unspecified atom stereocenters. The molecule has 3 heterocycles. The molecule has 2 fully saturated rings. The molecular weight excluding hydrogens is 570 g/mol. The maximum absolute atomic E-state index is 16.0. The highest BCUT2D eigenvalue weighted by Crippen LogP contribution is 2.50. The molecular formula is C33H40F2N4O5. The number of pyridine rings is 1. The minimum absolute atomic E-state index is 0.0300. The molecule has 236 valence electrons. The fraction of sp³-hybridized carbons (Fsp3) is 0.606. The lowest BCUT2D eigenvalue weighted by Gasteiger charge is -2.35. The maximum Gasteiger partial charge on any atom is 0.408 e. The molecule has 1 N–H and O–H groups in total. The molecule has 1 saturated carbocycles. The SMILES string of the molecule is CC(=O)[C@@H]1[C@H](C)[C@@H]2CN1C(=O)[C@H](C(C)(C)C)NC(=O)O[C@]1(C)C[C@H]1CCCCC(F)(F)c1cc3ccc(C#N)cc3nc1O2. The van der Waals surface area contributed by atoms with Crippen molar-refractivity contribution in [2.75, 3.05) is 6.54 Å². The summed E-state index contributed by atoms with van der Waals surface area (Å²) in [5, 5.41) is 12.6. The molecule has 2 aromatic rings. The van der Waals surface area contributed by atoms with E-state index in [1.54, 1.807) is 19.1 Å². The molecule has 0 radical (unpaired) electrons. The molecule has 1 aromatic carbocycles. The molecule has 2 aliphatic heterocycles. The number of alkyl halides is 2. The number of rotatable bonds is 1. The Labute approximate surface area is 256 Å². The number of Topliss-reactive ketones (excluding diaryl/α,β-unsaturated/α-hetero) is 1. The van der Waals surface area contributed by atoms with Crippen LogP contribution in [0.25, 0.3) is 10.9 Å². The molecule has 2 amide bonds. The van der Waals surface area contributed by atoms with Crippen molar-refractivity contribution in [2.45, 2.75) is 103 Å². The standard InChI is InChI=1S/C33H40F2N4O5/c1-18-25-17-39(26(18)19(2)40)29(41)27(31(3,4)5)38-30(42)44-32(6)15-22(32)9-7-8-12-33(34,35)23-14-21-11-10-20(16-36)13-24(21)37-28(23)43-25/h10-11,13-14,18,22,25-27H,7-9,12,15,17H2,1-6H3,(H,38,42)/t18-,22-,25+,26+,27-,32-/m1/s1. The number of hydrogen-bond donors (Lipinski definition) is 1. The van der Waals surface area contributed by atoms with Crippen molar-refractivity contribution in [3.05, 3.63) is 35.4 Å². The summed E-state index contributed by atoms with van der Waals surface area (Å²) in [4.78, 5) is 45.9. The summed E-state index contributed by atoms with van der Waals surface area (Å²) in [5.74, 6) is -4.88. The number of nitriles is 1. The van der Waals surface area contributed by atoms with Crippen LogP contribution >= 0.6 is 0 Å². The number of benzene rings is 1. The highest BCUT2D eigenvalue weighted by Gasteiger charge is 2.54. The lowest BCUT2D eigenvalue weighted by molar-refractivity contribution is -0.141. The Balaban J connectivity index is 1.59. The van der Waals surface area contributed by atoms with Gasteiger partial charge in [-0.25, -0.2) is 18.6 Å². The normalized spacial score (nSPS) is 30.9. The number of nitrogens with one attached hydrogen (secondary N) is 1. The number of carbonyl (C=O) groups excluding carboxylic acids is 3. The van der Waals surface area contributed by atoms with Crippen LogP contribution < -0.4 is 10.1 Å². The quantitative estimate of drug-likeness (QED) is 0.428. The Bertz CT molecular complexity index is 1530. The fourth-order valence-electron chi connectivity index (χ4n) is 6.65. The minimum atomic E-state index is -3.28. The fourth-order valence-corrected chi connectivity index (χ4v) is 6.65. The third-order valence-corrected chi connectivity index (χ3v) is 9.41. The molecule has 1 aromatic heterocycles. The van der Waals surface area contributed by atoms with E-state index in [9.17, 15) is 19.6 Å². The van der Waals surface area contributed by atoms with Gasteiger partial charge in [0, 0.05) is 23.6 Å². The molecule has 1 aliphatic carbocycles. The van der Waals surface area contributed by atoms with Gasteiger partial charge in [-0.05, 0) is 56.7 Å². The van der Waals surface area contributed by atoms with Crippen molar-refractivity contribution in [1.82, 2.24) is 15.2 Å². The van der Waals surface area contributed by atoms with Crippen LogP contribution in [-0.2, 0) is 20.2 Å². The first kappa shape index (κ1) is 31.6. The van der Waals surface area contributed by atoms with Crippen molar-refractivity contribution >= 4 is 28.7 Å². The topological polar surface area (TPSA) is 122 Å². The Morgan fingerprint density at radius 3 is 2.59 bits per heavy atom. The highest BCUT2D eigenvalue weighted by molar-refractivity contribution is 5.92. The molecule has 44 heavy (non-hydrogen) atoms. The van der Waals surface area contributed by atoms with Gasteiger partial charge in [-0.1, -0.05) is 40.2 Å². The van der Waals surface area contributed by atoms with Crippen LogP contribution in [0.4, 0.5) is 13.6 Å². The van der Waals surface area contributed by atoms with Crippen molar-refractivity contribution in [3.8, 4) is 11.9 Å². The predicted octanol–water partition coefficient (Wildman–Crippen LogP) is 5.88. The van der Waals surface area contributed by atoms with E-state index in [0.29, 0.717) is 35.7 Å². The van der Waals surface area contributed by atoms with E-state index in [-0.39, 0.29) is 36.1 Å². The maximum atomic E-state index is 16.0. The summed E-state index contributed by atoms with van der Waals surface area (Å²) < 4.78 is 43.9. The van der Waals surface area contributed by atoms with Crippen molar-refractivity contribution in [1.29, 1.82) is 5.26 Å². The van der Waals surface area contributed by atoms with Crippen LogP contribution in [0.3, 0.4) is 0 Å². The summed E-state index contributed by atoms with van der Waals surface area (Å²) >= 11 is 0. The van der Waals surface area contributed by atoms with E-state index in [4.69, 9.17) is 9.47 Å². The van der Waals surface area contributed by atoms with Gasteiger partial charge in [-0.3, -0.25) is 9.59 Å². The summed E-state index contributed by atoms with van der Waals surface area (Å²) in [6.07, 6.45) is -0.0307. The number of amides is 2. The third-order valence-electron chi connectivity index (χ3n) is 9.41. The number of hydrogen-bond acceptors (Lipinski definition) is 7. The zero-order chi connectivity index (χ0) is 32.2. The second kappa shape index (κ2) is 11.3. The highest BCUT2D eigenvalue weighted by atomic mass is 19.3. The lowest BCUT2D eigenvalue weighted by Crippen LogP contribution is -2.57. The van der Waals surface area contributed by atoms with E-state index in [0.717, 1.165) is 0 Å². The van der Waals surface area contributed by atoms with Gasteiger partial charge in [0.1, 0.15) is 17.7 Å². The van der Waals surface area contributed by atoms with Crippen molar-refractivity contribution in [2.24, 2.45) is 17.3 Å². The van der Waals surface area contributed by atoms with Gasteiger partial charge in [0.25, 0.3) is 5.92 Å². The van der Waals surface area contributed by atoms with Gasteiger partial charge in [-0.15, -0.1) is 0 Å². The van der Waals surface area contributed by atoms with E-state index in [1.807, 2.05) is 33.8 Å². The van der Waals surface area contributed by atoms with E-state index in [1.165, 1.54) is 24.0 Å². The van der Waals surface area contributed by atoms with Gasteiger partial charge in [-0.2, -0.15) is 5.26 Å². The molecule has 6 atom stereocenters. The zero-order valence-corrected chi connectivity index (χ0v) is 26.1. The van der Waals surface area contributed by atoms with Crippen LogP contribution in [0.1, 0.15) is 84.8 Å². The molecule has 9 nitrogen and oxygen atoms in total. The van der Waals surface area contributed by atoms with E-state index in [2.05, 4.69) is 10.3 Å². The zero-order valence-electron chi connectivity index (χ0n) is 26.1. The van der Waals surface area contributed by atoms with E-state index >= 15 is 8.78 Å². The Morgan fingerprint density at radius 2 is 1.93 bits per heavy atom. The van der Waals surface area contributed by atoms with Crippen LogP contribution in [0, 0.1) is 28.6 Å². The van der Waals surface area contributed by atoms with Crippen LogP contribution in [0.2, 0.25) is 0 Å². The third kappa shape index (κ3) is 6.08. The molecule has 11 heteroatoms. The number of carbonyl (C=O) groups is 3. The average molecular weight is 611 g/mol. The Hall–Kier alpha value is -3.81. The first-order valence-corrected chi connectivity index (χ1v) is 15.2. The number of halogens is 2. The molecule has 3 aliphatic rings. The Kier molecular flexibility index (Phi) is 8.10. The number of fused-ring (bicyclic) bond motifs is 5. The number of ether oxygens (including phenoxy) is 2. The number of aromatic nitrogens is 1. The van der Waals surface area contributed by atoms with Crippen LogP contribution in [-0.4, -0.2) is 58.0 Å². The summed E-state index contributed by atoms with van der Waals surface area (Å²) in [6, 6.07) is 6.12. The average Bonchev–Trinajstić information content (AvgIpc) is 3.45. The second-order valence-electron chi connectivity index (χ2n) is 13.9. The smallest absolute Gasteiger partial charge is 0.408 e. The minimum Gasteiger partial charge on any atom is -0.472 e. The first-order valence-electron chi connectivity index (χ1n) is 15.2. The molecule has 0 spiro atoms. The van der Waals surface area contributed by atoms with Gasteiger partial charge < -0.3 is 19.7 Å². The first-order chi connectivity index (χ1) is 20.5. The van der Waals surface area contributed by atoms with Crippen LogP contribution in [0.5, 0.6) is 5.88 Å². The summed E-state index contributed by atoms with van der Waals surface area (Å²) in [5.41, 5.74) is -1.19. The number of alkyl carbamates (subject to hydrolysis) is 1. The van der Waals surface area contributed by atoms with Gasteiger partial charge in [0.15, 0.2) is 5.78 Å². The molecule has 1 saturated heterocycles. The van der Waals surface area contributed by atoms with Crippen molar-refractivity contribution < 1.29 is 32.6 Å². The summed E-state index contributed by atoms with van der Waals surface area (Å²) in [6.45, 7) is 10.3. The molecule has 5 rings (SSSR count). The summed E-state index contributed by atoms with van der Waals surface area (Å²) in [7, 11) is 0. The van der Waals surface area contributed by atoms with E-state index < -0.39 is 59.5 Å². The Morgan fingerprint density at radius 1 is 1.20 bits per heavy atom. The van der Waals surface area contributed by atoms with Crippen molar-refractivity contribution in [3.63, 3.8) is 0 Å². The van der Waals surface area contributed by atoms with Gasteiger partial charge in [0.05, 0.1) is 35.3 Å². The largest absolute Gasteiger partial charge is 0.472 e.